The van der Waals surface area contributed by atoms with Crippen LogP contribution in [0.5, 0.6) is 0 Å². The third-order valence-corrected chi connectivity index (χ3v) is 2.00. The Morgan fingerprint density at radius 3 is 2.64 bits per heavy atom. The van der Waals surface area contributed by atoms with Gasteiger partial charge in [-0.25, -0.2) is 0 Å². The molecule has 0 amide bonds. The number of rotatable bonds is 1. The Balaban J connectivity index is 3.23. The minimum atomic E-state index is 0.0148. The first kappa shape index (κ1) is 8.39. The molecule has 0 saturated carbocycles. The lowest BCUT2D eigenvalue weighted by atomic mass is 10.1. The molecule has 0 heterocycles. The van der Waals surface area contributed by atoms with Crippen molar-refractivity contribution in [2.45, 2.75) is 0 Å². The van der Waals surface area contributed by atoms with Gasteiger partial charge in [-0.3, -0.25) is 0 Å². The molecule has 1 aromatic carbocycles. The van der Waals surface area contributed by atoms with Crippen molar-refractivity contribution >= 4 is 34.0 Å². The summed E-state index contributed by atoms with van der Waals surface area (Å²) in [4.78, 5) is 0. The van der Waals surface area contributed by atoms with E-state index in [2.05, 4.69) is 29.2 Å². The van der Waals surface area contributed by atoms with E-state index in [-0.39, 0.29) is 5.76 Å². The summed E-state index contributed by atoms with van der Waals surface area (Å²) in [6.45, 7) is 3.40. The highest BCUT2D eigenvalue weighted by atomic mass is 127. The van der Waals surface area contributed by atoms with Gasteiger partial charge in [0.2, 0.25) is 0 Å². The molecule has 3 N–H and O–H groups in total. The summed E-state index contributed by atoms with van der Waals surface area (Å²) in [5, 5.41) is 9.05. The van der Waals surface area contributed by atoms with E-state index in [0.29, 0.717) is 11.3 Å². The van der Waals surface area contributed by atoms with Crippen LogP contribution < -0.4 is 5.73 Å². The van der Waals surface area contributed by atoms with Gasteiger partial charge in [-0.2, -0.15) is 0 Å². The van der Waals surface area contributed by atoms with Crippen molar-refractivity contribution in [2.24, 2.45) is 0 Å². The number of nitrogens with two attached hydrogens (primary N) is 1. The molecular formula is C8H8INO. The third-order valence-electron chi connectivity index (χ3n) is 1.33. The molecule has 0 aliphatic carbocycles. The van der Waals surface area contributed by atoms with Gasteiger partial charge in [-0.15, -0.1) is 0 Å². The van der Waals surface area contributed by atoms with Crippen LogP contribution in [0.4, 0.5) is 5.69 Å². The number of hydrogen-bond donors (Lipinski definition) is 2. The Bertz CT molecular complexity index is 296. The Morgan fingerprint density at radius 1 is 1.55 bits per heavy atom. The summed E-state index contributed by atoms with van der Waals surface area (Å²) < 4.78 is 1.03. The molecule has 2 nitrogen and oxygen atoms in total. The van der Waals surface area contributed by atoms with Crippen LogP contribution in [0.2, 0.25) is 0 Å². The van der Waals surface area contributed by atoms with Gasteiger partial charge in [0.25, 0.3) is 0 Å². The summed E-state index contributed by atoms with van der Waals surface area (Å²) in [5.74, 6) is 0.0148. The van der Waals surface area contributed by atoms with Crippen molar-refractivity contribution in [3.63, 3.8) is 0 Å². The van der Waals surface area contributed by atoms with Gasteiger partial charge in [0, 0.05) is 14.8 Å². The van der Waals surface area contributed by atoms with Crippen molar-refractivity contribution in [1.29, 1.82) is 0 Å². The molecule has 58 valence electrons. The maximum atomic E-state index is 9.05. The van der Waals surface area contributed by atoms with E-state index in [9.17, 15) is 0 Å². The number of anilines is 1. The highest BCUT2D eigenvalue weighted by molar-refractivity contribution is 14.1. The van der Waals surface area contributed by atoms with Crippen LogP contribution in [-0.2, 0) is 0 Å². The highest BCUT2D eigenvalue weighted by Gasteiger charge is 2.01. The number of nitrogen functional groups attached to an aromatic ring is 1. The predicted octanol–water partition coefficient (Wildman–Crippen LogP) is 2.40. The lowest BCUT2D eigenvalue weighted by Crippen LogP contribution is -1.92. The molecule has 0 fully saturated rings. The van der Waals surface area contributed by atoms with Crippen LogP contribution in [0.1, 0.15) is 5.56 Å². The molecule has 11 heavy (non-hydrogen) atoms. The molecule has 0 spiro atoms. The first-order valence-electron chi connectivity index (χ1n) is 3.04. The van der Waals surface area contributed by atoms with Crippen LogP contribution in [0.25, 0.3) is 5.76 Å². The van der Waals surface area contributed by atoms with Gasteiger partial charge in [-0.1, -0.05) is 6.58 Å². The molecule has 0 unspecified atom stereocenters. The first-order chi connectivity index (χ1) is 5.11. The second-order valence-electron chi connectivity index (χ2n) is 2.18. The topological polar surface area (TPSA) is 46.2 Å². The molecule has 0 bridgehead atoms. The highest BCUT2D eigenvalue weighted by Crippen LogP contribution is 2.20. The fourth-order valence-corrected chi connectivity index (χ4v) is 1.27. The minimum absolute atomic E-state index is 0.0148. The van der Waals surface area contributed by atoms with E-state index in [1.54, 1.807) is 12.1 Å². The largest absolute Gasteiger partial charge is 0.508 e. The predicted molar refractivity (Wildman–Crippen MR) is 55.2 cm³/mol. The van der Waals surface area contributed by atoms with E-state index < -0.39 is 0 Å². The monoisotopic (exact) mass is 261 g/mol. The zero-order valence-corrected chi connectivity index (χ0v) is 8.00. The molecule has 0 saturated heterocycles. The molecule has 0 aliphatic rings. The van der Waals surface area contributed by atoms with Crippen molar-refractivity contribution in [2.75, 3.05) is 5.73 Å². The molecule has 1 rings (SSSR count). The Labute approximate surface area is 78.9 Å². The minimum Gasteiger partial charge on any atom is -0.508 e. The maximum absolute atomic E-state index is 9.05. The Kier molecular flexibility index (Phi) is 2.38. The number of hydrogen-bond acceptors (Lipinski definition) is 2. The van der Waals surface area contributed by atoms with Crippen LogP contribution >= 0.6 is 22.6 Å². The van der Waals surface area contributed by atoms with E-state index in [0.717, 1.165) is 3.57 Å². The van der Waals surface area contributed by atoms with Crippen molar-refractivity contribution < 1.29 is 5.11 Å². The SMILES string of the molecule is C=C(O)c1cc(I)ccc1N. The number of aliphatic hydroxyl groups is 1. The molecule has 3 heteroatoms. The van der Waals surface area contributed by atoms with Crippen LogP contribution in [0, 0.1) is 3.57 Å². The molecular weight excluding hydrogens is 253 g/mol. The van der Waals surface area contributed by atoms with Crippen molar-refractivity contribution in [3.8, 4) is 0 Å². The van der Waals surface area contributed by atoms with E-state index in [4.69, 9.17) is 10.8 Å². The molecule has 0 radical (unpaired) electrons. The van der Waals surface area contributed by atoms with Crippen LogP contribution in [0.3, 0.4) is 0 Å². The average Bonchev–Trinajstić information content (AvgIpc) is 1.94. The Hall–Kier alpha value is -0.710. The summed E-state index contributed by atoms with van der Waals surface area (Å²) in [6.07, 6.45) is 0. The smallest absolute Gasteiger partial charge is 0.117 e. The standard InChI is InChI=1S/C8H8INO/c1-5(11)7-4-6(9)2-3-8(7)10/h2-4,11H,1,10H2. The lowest BCUT2D eigenvalue weighted by Gasteiger charge is -2.02. The molecule has 0 aromatic heterocycles. The van der Waals surface area contributed by atoms with Gasteiger partial charge in [0.15, 0.2) is 0 Å². The van der Waals surface area contributed by atoms with Crippen LogP contribution in [-0.4, -0.2) is 5.11 Å². The lowest BCUT2D eigenvalue weighted by molar-refractivity contribution is 0.514. The summed E-state index contributed by atoms with van der Waals surface area (Å²) in [6, 6.07) is 5.42. The maximum Gasteiger partial charge on any atom is 0.117 e. The van der Waals surface area contributed by atoms with Gasteiger partial charge >= 0.3 is 0 Å². The van der Waals surface area contributed by atoms with Crippen LogP contribution in [0.15, 0.2) is 24.8 Å². The fourth-order valence-electron chi connectivity index (χ4n) is 0.778. The first-order valence-corrected chi connectivity index (χ1v) is 4.12. The summed E-state index contributed by atoms with van der Waals surface area (Å²) in [7, 11) is 0. The number of aliphatic hydroxyl groups excluding tert-OH is 1. The quantitative estimate of drug-likeness (QED) is 0.463. The van der Waals surface area contributed by atoms with E-state index in [1.807, 2.05) is 6.07 Å². The normalized spacial score (nSPS) is 9.55. The Morgan fingerprint density at radius 2 is 2.18 bits per heavy atom. The summed E-state index contributed by atoms with van der Waals surface area (Å²) >= 11 is 2.15. The molecule has 0 aliphatic heterocycles. The average molecular weight is 261 g/mol. The van der Waals surface area contributed by atoms with E-state index in [1.165, 1.54) is 0 Å². The van der Waals surface area contributed by atoms with Gasteiger partial charge in [-0.05, 0) is 40.8 Å². The number of halogens is 1. The fraction of sp³-hybridized carbons (Fsp3) is 0. The third kappa shape index (κ3) is 1.86. The van der Waals surface area contributed by atoms with Gasteiger partial charge in [0.05, 0.1) is 0 Å². The number of benzene rings is 1. The second kappa shape index (κ2) is 3.13. The van der Waals surface area contributed by atoms with Crippen molar-refractivity contribution in [3.05, 3.63) is 33.9 Å². The van der Waals surface area contributed by atoms with Gasteiger partial charge < -0.3 is 10.8 Å². The molecule has 1 aromatic rings. The zero-order valence-electron chi connectivity index (χ0n) is 5.84. The second-order valence-corrected chi connectivity index (χ2v) is 3.42. The summed E-state index contributed by atoms with van der Waals surface area (Å²) in [5.41, 5.74) is 6.73. The zero-order chi connectivity index (χ0) is 8.43. The molecule has 0 atom stereocenters. The van der Waals surface area contributed by atoms with Gasteiger partial charge in [0.1, 0.15) is 5.76 Å². The van der Waals surface area contributed by atoms with E-state index >= 15 is 0 Å². The van der Waals surface area contributed by atoms with Crippen molar-refractivity contribution in [1.82, 2.24) is 0 Å².